The Labute approximate surface area is 215 Å². The third-order valence-corrected chi connectivity index (χ3v) is 6.55. The Kier molecular flexibility index (Phi) is 6.95. The van der Waals surface area contributed by atoms with Crippen LogP contribution >= 0.6 is 11.6 Å². The third-order valence-electron chi connectivity index (χ3n) is 6.25. The van der Waals surface area contributed by atoms with Gasteiger partial charge in [0.2, 0.25) is 0 Å². The van der Waals surface area contributed by atoms with Gasteiger partial charge in [0.15, 0.2) is 0 Å². The van der Waals surface area contributed by atoms with Crippen molar-refractivity contribution in [2.45, 2.75) is 13.0 Å². The Morgan fingerprint density at radius 3 is 2.14 bits per heavy atom. The van der Waals surface area contributed by atoms with Crippen LogP contribution in [0.3, 0.4) is 0 Å². The van der Waals surface area contributed by atoms with Crippen LogP contribution in [0.2, 0.25) is 5.02 Å². The van der Waals surface area contributed by atoms with Gasteiger partial charge in [0.25, 0.3) is 11.7 Å². The van der Waals surface area contributed by atoms with E-state index in [0.29, 0.717) is 33.3 Å². The normalized spacial score (nSPS) is 16.8. The first-order valence-corrected chi connectivity index (χ1v) is 11.6. The summed E-state index contributed by atoms with van der Waals surface area (Å²) in [5.41, 5.74) is 3.22. The average Bonchev–Trinajstić information content (AvgIpc) is 3.13. The van der Waals surface area contributed by atoms with Gasteiger partial charge in [-0.05, 0) is 66.6 Å². The number of benzene rings is 3. The molecule has 0 radical (unpaired) electrons. The van der Waals surface area contributed by atoms with Gasteiger partial charge in [0.05, 0.1) is 30.9 Å². The quantitative estimate of drug-likeness (QED) is 0.275. The molecule has 1 amide bonds. The highest BCUT2D eigenvalue weighted by atomic mass is 35.5. The first kappa shape index (κ1) is 25.1. The second-order valence-corrected chi connectivity index (χ2v) is 9.07. The molecule has 36 heavy (non-hydrogen) atoms. The molecule has 1 N–H and O–H groups in total. The number of rotatable bonds is 6. The SMILES string of the molecule is COc1ccc(/C(O)=C2\C(=O)C(=O)N(c3ccc(OC)c(Cl)c3)C2c2ccc(N(C)C)cc2)cc1C. The molecule has 1 unspecified atom stereocenters. The minimum absolute atomic E-state index is 0.00545. The van der Waals surface area contributed by atoms with E-state index in [2.05, 4.69) is 0 Å². The van der Waals surface area contributed by atoms with Crippen LogP contribution in [0.5, 0.6) is 11.5 Å². The highest BCUT2D eigenvalue weighted by Crippen LogP contribution is 2.44. The van der Waals surface area contributed by atoms with Gasteiger partial charge >= 0.3 is 0 Å². The molecule has 0 bridgehead atoms. The van der Waals surface area contributed by atoms with Crippen molar-refractivity contribution >= 4 is 40.4 Å². The van der Waals surface area contributed by atoms with Crippen LogP contribution in [-0.4, -0.2) is 45.1 Å². The standard InChI is InChI=1S/C28H27ClN2O5/c1-16-14-18(8-12-22(16)35-4)26(32)24-25(17-6-9-19(10-7-17)30(2)3)31(28(34)27(24)33)20-11-13-23(36-5)21(29)15-20/h6-15,25,32H,1-5H3/b26-24+. The van der Waals surface area contributed by atoms with E-state index < -0.39 is 17.7 Å². The summed E-state index contributed by atoms with van der Waals surface area (Å²) in [5, 5.41) is 11.7. The molecule has 0 spiro atoms. The Balaban J connectivity index is 1.93. The zero-order valence-electron chi connectivity index (χ0n) is 20.7. The first-order chi connectivity index (χ1) is 17.2. The van der Waals surface area contributed by atoms with E-state index in [1.165, 1.54) is 12.0 Å². The van der Waals surface area contributed by atoms with Crippen molar-refractivity contribution in [3.8, 4) is 11.5 Å². The maximum absolute atomic E-state index is 13.4. The van der Waals surface area contributed by atoms with Crippen molar-refractivity contribution in [3.05, 3.63) is 87.9 Å². The van der Waals surface area contributed by atoms with Gasteiger partial charge in [-0.3, -0.25) is 14.5 Å². The van der Waals surface area contributed by atoms with Crippen molar-refractivity contribution in [2.24, 2.45) is 0 Å². The Morgan fingerprint density at radius 2 is 1.58 bits per heavy atom. The highest BCUT2D eigenvalue weighted by molar-refractivity contribution is 6.51. The van der Waals surface area contributed by atoms with Crippen molar-refractivity contribution in [1.82, 2.24) is 0 Å². The number of ether oxygens (including phenoxy) is 2. The van der Waals surface area contributed by atoms with Crippen LogP contribution < -0.4 is 19.3 Å². The van der Waals surface area contributed by atoms with Crippen LogP contribution in [0.15, 0.2) is 66.2 Å². The van der Waals surface area contributed by atoms with Crippen molar-refractivity contribution < 1.29 is 24.2 Å². The summed E-state index contributed by atoms with van der Waals surface area (Å²) < 4.78 is 10.6. The number of aliphatic hydroxyl groups excluding tert-OH is 1. The largest absolute Gasteiger partial charge is 0.507 e. The van der Waals surface area contributed by atoms with Crippen LogP contribution in [0.1, 0.15) is 22.7 Å². The average molecular weight is 507 g/mol. The molecule has 0 aliphatic carbocycles. The maximum Gasteiger partial charge on any atom is 0.300 e. The highest BCUT2D eigenvalue weighted by Gasteiger charge is 2.47. The van der Waals surface area contributed by atoms with E-state index in [1.807, 2.05) is 50.2 Å². The summed E-state index contributed by atoms with van der Waals surface area (Å²) in [6.45, 7) is 1.84. The molecule has 0 aromatic heterocycles. The monoisotopic (exact) mass is 506 g/mol. The number of hydrogen-bond acceptors (Lipinski definition) is 6. The fourth-order valence-electron chi connectivity index (χ4n) is 4.36. The van der Waals surface area contributed by atoms with E-state index in [4.69, 9.17) is 21.1 Å². The Morgan fingerprint density at radius 1 is 0.944 bits per heavy atom. The first-order valence-electron chi connectivity index (χ1n) is 11.2. The number of anilines is 2. The molecule has 1 heterocycles. The molecule has 7 nitrogen and oxygen atoms in total. The minimum atomic E-state index is -0.868. The predicted molar refractivity (Wildman–Crippen MR) is 141 cm³/mol. The lowest BCUT2D eigenvalue weighted by Crippen LogP contribution is -2.29. The van der Waals surface area contributed by atoms with Gasteiger partial charge in [0.1, 0.15) is 17.3 Å². The van der Waals surface area contributed by atoms with Crippen LogP contribution in [0.25, 0.3) is 5.76 Å². The number of carbonyl (C=O) groups excluding carboxylic acids is 2. The molecular weight excluding hydrogens is 480 g/mol. The number of halogens is 1. The molecule has 0 saturated carbocycles. The van der Waals surface area contributed by atoms with Crippen LogP contribution in [0, 0.1) is 6.92 Å². The molecule has 186 valence electrons. The molecule has 4 rings (SSSR count). The minimum Gasteiger partial charge on any atom is -0.507 e. The molecule has 1 atom stereocenters. The van der Waals surface area contributed by atoms with Gasteiger partial charge in [-0.15, -0.1) is 0 Å². The van der Waals surface area contributed by atoms with Gasteiger partial charge < -0.3 is 19.5 Å². The van der Waals surface area contributed by atoms with E-state index in [0.717, 1.165) is 11.3 Å². The summed E-state index contributed by atoms with van der Waals surface area (Å²) >= 11 is 6.36. The molecule has 1 aliphatic rings. The van der Waals surface area contributed by atoms with Crippen molar-refractivity contribution in [2.75, 3.05) is 38.1 Å². The second kappa shape index (κ2) is 9.95. The predicted octanol–water partition coefficient (Wildman–Crippen LogP) is 5.36. The van der Waals surface area contributed by atoms with Gasteiger partial charge in [0, 0.05) is 31.0 Å². The topological polar surface area (TPSA) is 79.3 Å². The fraction of sp³-hybridized carbons (Fsp3) is 0.214. The molecular formula is C28H27ClN2O5. The third kappa shape index (κ3) is 4.38. The number of hydrogen-bond donors (Lipinski definition) is 1. The number of ketones is 1. The number of nitrogens with zero attached hydrogens (tertiary/aromatic N) is 2. The maximum atomic E-state index is 13.4. The van der Waals surface area contributed by atoms with Gasteiger partial charge in [-0.1, -0.05) is 23.7 Å². The molecule has 8 heteroatoms. The van der Waals surface area contributed by atoms with Crippen LogP contribution in [0.4, 0.5) is 11.4 Å². The van der Waals surface area contributed by atoms with E-state index in [9.17, 15) is 14.7 Å². The Bertz CT molecular complexity index is 1360. The number of Topliss-reactive ketones (excluding diaryl/α,β-unsaturated/α-hetero) is 1. The summed E-state index contributed by atoms with van der Waals surface area (Å²) in [4.78, 5) is 30.1. The fourth-order valence-corrected chi connectivity index (χ4v) is 4.61. The van der Waals surface area contributed by atoms with E-state index in [-0.39, 0.29) is 11.3 Å². The van der Waals surface area contributed by atoms with Gasteiger partial charge in [-0.25, -0.2) is 0 Å². The van der Waals surface area contributed by atoms with Crippen molar-refractivity contribution in [3.63, 3.8) is 0 Å². The number of methoxy groups -OCH3 is 2. The second-order valence-electron chi connectivity index (χ2n) is 8.66. The molecule has 1 saturated heterocycles. The molecule has 3 aromatic rings. The summed E-state index contributed by atoms with van der Waals surface area (Å²) in [5.74, 6) is -0.713. The molecule has 1 aliphatic heterocycles. The number of aliphatic hydroxyl groups is 1. The zero-order valence-corrected chi connectivity index (χ0v) is 21.5. The lowest BCUT2D eigenvalue weighted by Gasteiger charge is -2.26. The molecule has 3 aromatic carbocycles. The van der Waals surface area contributed by atoms with E-state index in [1.54, 1.807) is 43.5 Å². The van der Waals surface area contributed by atoms with Crippen molar-refractivity contribution in [1.29, 1.82) is 0 Å². The van der Waals surface area contributed by atoms with Gasteiger partial charge in [-0.2, -0.15) is 0 Å². The Hall–Kier alpha value is -3.97. The summed E-state index contributed by atoms with van der Waals surface area (Å²) in [6, 6.07) is 16.6. The zero-order chi connectivity index (χ0) is 26.1. The summed E-state index contributed by atoms with van der Waals surface area (Å²) in [7, 11) is 6.90. The number of carbonyl (C=O) groups is 2. The number of amides is 1. The lowest BCUT2D eigenvalue weighted by molar-refractivity contribution is -0.132. The summed E-state index contributed by atoms with van der Waals surface area (Å²) in [6.07, 6.45) is 0. The van der Waals surface area contributed by atoms with Crippen LogP contribution in [-0.2, 0) is 9.59 Å². The smallest absolute Gasteiger partial charge is 0.300 e. The van der Waals surface area contributed by atoms with E-state index >= 15 is 0 Å². The number of aryl methyl sites for hydroxylation is 1. The molecule has 1 fully saturated rings. The lowest BCUT2D eigenvalue weighted by atomic mass is 9.94.